The van der Waals surface area contributed by atoms with Crippen molar-refractivity contribution in [2.75, 3.05) is 13.2 Å². The van der Waals surface area contributed by atoms with Gasteiger partial charge in [0.05, 0.1) is 0 Å². The third-order valence-corrected chi connectivity index (χ3v) is 13.8. The first-order valence-corrected chi connectivity index (χ1v) is 31.3. The molecule has 0 heterocycles. The van der Waals surface area contributed by atoms with Crippen LogP contribution in [0.15, 0.2) is 60.8 Å². The van der Waals surface area contributed by atoms with Gasteiger partial charge in [-0.1, -0.05) is 268 Å². The minimum atomic E-state index is -0.781. The van der Waals surface area contributed by atoms with Crippen LogP contribution < -0.4 is 0 Å². The van der Waals surface area contributed by atoms with Crippen LogP contribution >= 0.6 is 0 Å². The number of esters is 3. The molecule has 0 N–H and O–H groups in total. The van der Waals surface area contributed by atoms with E-state index in [9.17, 15) is 14.4 Å². The van der Waals surface area contributed by atoms with Crippen molar-refractivity contribution in [3.8, 4) is 0 Å². The fourth-order valence-electron chi connectivity index (χ4n) is 9.01. The molecule has 0 aromatic heterocycles. The standard InChI is InChI=1S/C66H118O6/c1-4-7-10-13-16-19-22-25-28-31-33-35-38-41-44-47-50-53-56-59-65(68)71-62-63(61-70-64(67)58-55-52-49-46-43-40-37-30-27-24-21-18-15-12-9-6-3)72-66(69)60-57-54-51-48-45-42-39-36-34-32-29-26-23-20-17-14-11-8-5-2/h16-17,19-20,22-23,25-26,30,37,63H,4-15,18,21,24,27-29,31-36,38-62H2,1-3H3/b19-16-,20-17-,25-22-,26-23-,37-30-. The summed E-state index contributed by atoms with van der Waals surface area (Å²) in [7, 11) is 0. The van der Waals surface area contributed by atoms with Crippen LogP contribution in [-0.2, 0) is 28.6 Å². The van der Waals surface area contributed by atoms with Gasteiger partial charge >= 0.3 is 17.9 Å². The molecule has 0 aromatic carbocycles. The molecule has 0 amide bonds. The summed E-state index contributed by atoms with van der Waals surface area (Å²) in [5, 5.41) is 0. The van der Waals surface area contributed by atoms with Gasteiger partial charge in [0, 0.05) is 19.3 Å². The van der Waals surface area contributed by atoms with Gasteiger partial charge < -0.3 is 14.2 Å². The van der Waals surface area contributed by atoms with Gasteiger partial charge in [0.15, 0.2) is 6.10 Å². The zero-order chi connectivity index (χ0) is 52.2. The van der Waals surface area contributed by atoms with Gasteiger partial charge in [0.1, 0.15) is 13.2 Å². The van der Waals surface area contributed by atoms with Crippen LogP contribution in [0.3, 0.4) is 0 Å². The highest BCUT2D eigenvalue weighted by Gasteiger charge is 2.19. The van der Waals surface area contributed by atoms with E-state index < -0.39 is 6.10 Å². The topological polar surface area (TPSA) is 78.9 Å². The zero-order valence-electron chi connectivity index (χ0n) is 47.9. The van der Waals surface area contributed by atoms with Crippen LogP contribution in [-0.4, -0.2) is 37.2 Å². The van der Waals surface area contributed by atoms with E-state index in [4.69, 9.17) is 14.2 Å². The lowest BCUT2D eigenvalue weighted by molar-refractivity contribution is -0.167. The molecule has 0 aliphatic rings. The molecule has 1 unspecified atom stereocenters. The quantitative estimate of drug-likeness (QED) is 0.0199. The lowest BCUT2D eigenvalue weighted by atomic mass is 10.1. The van der Waals surface area contributed by atoms with Crippen LogP contribution in [0.2, 0.25) is 0 Å². The smallest absolute Gasteiger partial charge is 0.306 e. The molecule has 0 saturated heterocycles. The van der Waals surface area contributed by atoms with E-state index in [1.165, 1.54) is 218 Å². The summed E-state index contributed by atoms with van der Waals surface area (Å²) in [4.78, 5) is 38.3. The van der Waals surface area contributed by atoms with E-state index in [0.717, 1.165) is 64.2 Å². The molecule has 1 atom stereocenters. The summed E-state index contributed by atoms with van der Waals surface area (Å²) in [6.07, 6.45) is 76.4. The average Bonchev–Trinajstić information content (AvgIpc) is 3.38. The summed E-state index contributed by atoms with van der Waals surface area (Å²) in [6, 6.07) is 0. The minimum absolute atomic E-state index is 0.0783. The maximum atomic E-state index is 12.9. The Balaban J connectivity index is 4.37. The van der Waals surface area contributed by atoms with E-state index in [0.29, 0.717) is 19.3 Å². The van der Waals surface area contributed by atoms with Gasteiger partial charge in [-0.3, -0.25) is 14.4 Å². The highest BCUT2D eigenvalue weighted by Crippen LogP contribution is 2.16. The van der Waals surface area contributed by atoms with Crippen LogP contribution in [0.25, 0.3) is 0 Å². The van der Waals surface area contributed by atoms with Crippen molar-refractivity contribution >= 4 is 17.9 Å². The minimum Gasteiger partial charge on any atom is -0.462 e. The molecule has 0 fully saturated rings. The van der Waals surface area contributed by atoms with E-state index in [-0.39, 0.29) is 31.1 Å². The lowest BCUT2D eigenvalue weighted by Crippen LogP contribution is -2.30. The van der Waals surface area contributed by atoms with Gasteiger partial charge in [-0.15, -0.1) is 0 Å². The van der Waals surface area contributed by atoms with Crippen LogP contribution in [0.4, 0.5) is 0 Å². The molecule has 418 valence electrons. The van der Waals surface area contributed by atoms with Crippen molar-refractivity contribution in [1.82, 2.24) is 0 Å². The van der Waals surface area contributed by atoms with Crippen molar-refractivity contribution in [1.29, 1.82) is 0 Å². The second-order valence-corrected chi connectivity index (χ2v) is 21.0. The zero-order valence-corrected chi connectivity index (χ0v) is 47.9. The first-order chi connectivity index (χ1) is 35.5. The third-order valence-electron chi connectivity index (χ3n) is 13.8. The number of unbranched alkanes of at least 4 members (excludes halogenated alkanes) is 38. The Morgan fingerprint density at radius 2 is 0.500 bits per heavy atom. The van der Waals surface area contributed by atoms with Crippen molar-refractivity contribution < 1.29 is 28.6 Å². The van der Waals surface area contributed by atoms with Crippen molar-refractivity contribution in [3.05, 3.63) is 60.8 Å². The molecular weight excluding hydrogens is 889 g/mol. The summed E-state index contributed by atoms with van der Waals surface area (Å²) in [6.45, 7) is 6.61. The Labute approximate surface area is 447 Å². The van der Waals surface area contributed by atoms with E-state index in [1.54, 1.807) is 0 Å². The Morgan fingerprint density at radius 3 is 0.806 bits per heavy atom. The highest BCUT2D eigenvalue weighted by molar-refractivity contribution is 5.71. The molecule has 0 aliphatic carbocycles. The fourth-order valence-corrected chi connectivity index (χ4v) is 9.01. The third kappa shape index (κ3) is 58.0. The van der Waals surface area contributed by atoms with Crippen molar-refractivity contribution in [2.24, 2.45) is 0 Å². The predicted molar refractivity (Wildman–Crippen MR) is 312 cm³/mol. The Kier molecular flexibility index (Phi) is 58.2. The molecule has 0 aliphatic heterocycles. The number of ether oxygens (including phenoxy) is 3. The first-order valence-electron chi connectivity index (χ1n) is 31.3. The maximum absolute atomic E-state index is 12.9. The van der Waals surface area contributed by atoms with Gasteiger partial charge in [0.25, 0.3) is 0 Å². The van der Waals surface area contributed by atoms with E-state index in [1.807, 2.05) is 0 Å². The second-order valence-electron chi connectivity index (χ2n) is 21.0. The molecule has 0 saturated carbocycles. The number of carbonyl (C=O) groups excluding carboxylic acids is 3. The van der Waals surface area contributed by atoms with Gasteiger partial charge in [0.2, 0.25) is 0 Å². The van der Waals surface area contributed by atoms with Gasteiger partial charge in [-0.2, -0.15) is 0 Å². The van der Waals surface area contributed by atoms with Crippen molar-refractivity contribution in [2.45, 2.75) is 329 Å². The Hall–Kier alpha value is -2.89. The maximum Gasteiger partial charge on any atom is 0.306 e. The SMILES string of the molecule is CCCCC/C=C\C=C/CCCCCCCCCCCCC(=O)OCC(COC(=O)CCCCCCC/C=C\CCCCCCCCC)OC(=O)CCCCCCCCCCCC/C=C\C=C/CCCCC. The van der Waals surface area contributed by atoms with E-state index in [2.05, 4.69) is 81.5 Å². The van der Waals surface area contributed by atoms with Crippen LogP contribution in [0.5, 0.6) is 0 Å². The lowest BCUT2D eigenvalue weighted by Gasteiger charge is -2.18. The second kappa shape index (κ2) is 60.7. The van der Waals surface area contributed by atoms with Crippen LogP contribution in [0, 0.1) is 0 Å². The molecule has 72 heavy (non-hydrogen) atoms. The number of allylic oxidation sites excluding steroid dienone is 10. The molecular formula is C66H118O6. The highest BCUT2D eigenvalue weighted by atomic mass is 16.6. The molecule has 0 bridgehead atoms. The van der Waals surface area contributed by atoms with Gasteiger partial charge in [-0.05, 0) is 96.3 Å². The fraction of sp³-hybridized carbons (Fsp3) is 0.803. The summed E-state index contributed by atoms with van der Waals surface area (Å²) in [5.74, 6) is -0.877. The monoisotopic (exact) mass is 1010 g/mol. The molecule has 0 radical (unpaired) electrons. The summed E-state index contributed by atoms with van der Waals surface area (Å²) in [5.41, 5.74) is 0. The first kappa shape index (κ1) is 69.1. The van der Waals surface area contributed by atoms with Crippen LogP contribution in [0.1, 0.15) is 323 Å². The normalized spacial score (nSPS) is 12.4. The molecule has 0 aromatic rings. The Bertz CT molecular complexity index is 1290. The number of hydrogen-bond donors (Lipinski definition) is 0. The Morgan fingerprint density at radius 1 is 0.278 bits per heavy atom. The number of hydrogen-bond acceptors (Lipinski definition) is 6. The summed E-state index contributed by atoms with van der Waals surface area (Å²) >= 11 is 0. The number of rotatable bonds is 57. The molecule has 6 nitrogen and oxygen atoms in total. The van der Waals surface area contributed by atoms with Gasteiger partial charge in [-0.25, -0.2) is 0 Å². The average molecular weight is 1010 g/mol. The van der Waals surface area contributed by atoms with Crippen molar-refractivity contribution in [3.63, 3.8) is 0 Å². The molecule has 6 heteroatoms. The van der Waals surface area contributed by atoms with E-state index >= 15 is 0 Å². The summed E-state index contributed by atoms with van der Waals surface area (Å²) < 4.78 is 16.9. The number of carbonyl (C=O) groups is 3. The molecule has 0 spiro atoms. The molecule has 0 rings (SSSR count). The largest absolute Gasteiger partial charge is 0.462 e. The predicted octanol–water partition coefficient (Wildman–Crippen LogP) is 21.2.